The minimum absolute atomic E-state index is 0.113. The molecule has 2 aromatic rings. The largest absolute Gasteiger partial charge is 0.312 e. The monoisotopic (exact) mass is 522 g/mol. The lowest BCUT2D eigenvalue weighted by Crippen LogP contribution is -2.38. The fourth-order valence-corrected chi connectivity index (χ4v) is 5.96. The zero-order chi connectivity index (χ0) is 25.6. The van der Waals surface area contributed by atoms with Crippen LogP contribution in [0.25, 0.3) is 0 Å². The lowest BCUT2D eigenvalue weighted by Gasteiger charge is -2.32. The molecule has 0 amide bonds. The van der Waals surface area contributed by atoms with Crippen molar-refractivity contribution in [2.75, 3.05) is 36.2 Å². The number of piperidine rings is 1. The zero-order valence-electron chi connectivity index (χ0n) is 21.1. The molecular weight excluding hydrogens is 490 g/mol. The minimum atomic E-state index is -2.55. The topological polar surface area (TPSA) is 55.9 Å². The van der Waals surface area contributed by atoms with Crippen LogP contribution in [-0.2, 0) is 6.54 Å². The third kappa shape index (κ3) is 6.70. The number of para-hydroxylation sites is 1. The Kier molecular flexibility index (Phi) is 8.41. The van der Waals surface area contributed by atoms with Gasteiger partial charge in [-0.25, -0.2) is 13.8 Å². The van der Waals surface area contributed by atoms with Gasteiger partial charge in [-0.1, -0.05) is 42.5 Å². The van der Waals surface area contributed by atoms with E-state index >= 15 is 0 Å². The molecular formula is C28H32F2N6S. The van der Waals surface area contributed by atoms with Crippen molar-refractivity contribution in [2.45, 2.75) is 39.2 Å². The summed E-state index contributed by atoms with van der Waals surface area (Å²) < 4.78 is 28.1. The van der Waals surface area contributed by atoms with Gasteiger partial charge in [0.2, 0.25) is 0 Å². The first-order valence-corrected chi connectivity index (χ1v) is 13.8. The Balaban J connectivity index is 1.14. The summed E-state index contributed by atoms with van der Waals surface area (Å²) in [4.78, 5) is 11.6. The van der Waals surface area contributed by atoms with Crippen molar-refractivity contribution in [1.82, 2.24) is 4.90 Å². The van der Waals surface area contributed by atoms with Crippen LogP contribution in [0.3, 0.4) is 0 Å². The maximum absolute atomic E-state index is 12.9. The molecule has 9 heteroatoms. The number of hydrogen-bond donors (Lipinski definition) is 0. The molecule has 6 nitrogen and oxygen atoms in total. The Morgan fingerprint density at radius 3 is 2.43 bits per heavy atom. The van der Waals surface area contributed by atoms with Gasteiger partial charge in [-0.05, 0) is 68.1 Å². The lowest BCUT2D eigenvalue weighted by atomic mass is 9.92. The highest BCUT2D eigenvalue weighted by Crippen LogP contribution is 2.27. The summed E-state index contributed by atoms with van der Waals surface area (Å²) >= 11 is 1.85. The molecule has 2 aromatic carbocycles. The smallest absolute Gasteiger partial charge is 0.278 e. The SMILES string of the molecule is CC1=NCC(C2CCN(CCSN(Cc3ccc(C4=NN=C(C(F)F)C4)cc3)c3ccccc3)CC2)=N1. The highest BCUT2D eigenvalue weighted by atomic mass is 32.2. The van der Waals surface area contributed by atoms with E-state index in [0.717, 1.165) is 68.3 Å². The first-order valence-electron chi connectivity index (χ1n) is 12.8. The van der Waals surface area contributed by atoms with Gasteiger partial charge in [0.1, 0.15) is 11.5 Å². The van der Waals surface area contributed by atoms with Gasteiger partial charge < -0.3 is 9.21 Å². The summed E-state index contributed by atoms with van der Waals surface area (Å²) in [7, 11) is 0. The van der Waals surface area contributed by atoms with E-state index in [2.05, 4.69) is 65.8 Å². The molecule has 0 radical (unpaired) electrons. The maximum Gasteiger partial charge on any atom is 0.278 e. The van der Waals surface area contributed by atoms with Gasteiger partial charge in [-0.15, -0.1) is 0 Å². The predicted molar refractivity (Wildman–Crippen MR) is 151 cm³/mol. The molecule has 0 aromatic heterocycles. The van der Waals surface area contributed by atoms with E-state index in [1.54, 1.807) is 0 Å². The van der Waals surface area contributed by atoms with Gasteiger partial charge >= 0.3 is 0 Å². The van der Waals surface area contributed by atoms with Crippen LogP contribution in [0.2, 0.25) is 0 Å². The van der Waals surface area contributed by atoms with Crippen molar-refractivity contribution in [3.8, 4) is 0 Å². The number of benzene rings is 2. The van der Waals surface area contributed by atoms with Crippen molar-refractivity contribution in [3.05, 3.63) is 65.7 Å². The Labute approximate surface area is 221 Å². The van der Waals surface area contributed by atoms with Crippen LogP contribution in [-0.4, -0.2) is 66.2 Å². The molecule has 0 aliphatic carbocycles. The Hall–Kier alpha value is -2.91. The number of halogens is 2. The van der Waals surface area contributed by atoms with Crippen molar-refractivity contribution >= 4 is 40.6 Å². The number of alkyl halides is 2. The van der Waals surface area contributed by atoms with Crippen LogP contribution >= 0.6 is 11.9 Å². The van der Waals surface area contributed by atoms with Crippen molar-refractivity contribution in [2.24, 2.45) is 26.1 Å². The van der Waals surface area contributed by atoms with Gasteiger partial charge in [0.15, 0.2) is 0 Å². The summed E-state index contributed by atoms with van der Waals surface area (Å²) in [6, 6.07) is 18.4. The third-order valence-electron chi connectivity index (χ3n) is 7.05. The van der Waals surface area contributed by atoms with Gasteiger partial charge in [-0.3, -0.25) is 4.99 Å². The quantitative estimate of drug-likeness (QED) is 0.374. The fourth-order valence-electron chi connectivity index (χ4n) is 4.89. The first-order chi connectivity index (χ1) is 18.0. The number of anilines is 1. The van der Waals surface area contributed by atoms with E-state index in [1.165, 1.54) is 11.4 Å². The number of hydrogen-bond acceptors (Lipinski definition) is 7. The molecule has 37 heavy (non-hydrogen) atoms. The third-order valence-corrected chi connectivity index (χ3v) is 8.06. The molecule has 0 bridgehead atoms. The van der Waals surface area contributed by atoms with E-state index in [0.29, 0.717) is 11.6 Å². The van der Waals surface area contributed by atoms with Gasteiger partial charge in [0.25, 0.3) is 6.43 Å². The molecule has 1 saturated heterocycles. The molecule has 194 valence electrons. The fraction of sp³-hybridized carbons (Fsp3) is 0.429. The number of nitrogens with zero attached hydrogens (tertiary/aromatic N) is 6. The van der Waals surface area contributed by atoms with Crippen LogP contribution in [0, 0.1) is 5.92 Å². The van der Waals surface area contributed by atoms with E-state index in [4.69, 9.17) is 0 Å². The van der Waals surface area contributed by atoms with E-state index < -0.39 is 6.43 Å². The summed E-state index contributed by atoms with van der Waals surface area (Å²) in [5.74, 6) is 2.51. The molecule has 0 saturated carbocycles. The average molecular weight is 523 g/mol. The van der Waals surface area contributed by atoms with Crippen LogP contribution in [0.1, 0.15) is 37.3 Å². The second-order valence-corrected chi connectivity index (χ2v) is 10.7. The molecule has 0 unspecified atom stereocenters. The number of aliphatic imine (C=N–C) groups is 2. The summed E-state index contributed by atoms with van der Waals surface area (Å²) in [6.45, 7) is 6.79. The van der Waals surface area contributed by atoms with E-state index in [1.807, 2.05) is 37.1 Å². The predicted octanol–water partition coefficient (Wildman–Crippen LogP) is 5.74. The van der Waals surface area contributed by atoms with Crippen molar-refractivity contribution in [3.63, 3.8) is 0 Å². The molecule has 3 heterocycles. The Bertz CT molecular complexity index is 1180. The second-order valence-electron chi connectivity index (χ2n) is 9.60. The second kappa shape index (κ2) is 12.1. The van der Waals surface area contributed by atoms with E-state index in [9.17, 15) is 8.78 Å². The van der Waals surface area contributed by atoms with Crippen LogP contribution in [0.15, 0.2) is 74.8 Å². The van der Waals surface area contributed by atoms with Crippen LogP contribution in [0.4, 0.5) is 14.5 Å². The molecule has 0 atom stereocenters. The normalized spacial score (nSPS) is 18.6. The molecule has 3 aliphatic heterocycles. The summed E-state index contributed by atoms with van der Waals surface area (Å²) in [6.07, 6.45) is -0.113. The standard InChI is InChI=1S/C28H32F2N6S/c1-20-31-18-27(32-20)23-11-13-35(14-12-23)15-16-37-36(24-5-3-2-4-6-24)19-21-7-9-22(10-8-21)25-17-26(28(29)30)34-33-25/h2-10,23,28H,11-19H2,1H3. The molecule has 1 fully saturated rings. The first kappa shape index (κ1) is 25.7. The molecule has 3 aliphatic rings. The van der Waals surface area contributed by atoms with Crippen molar-refractivity contribution < 1.29 is 8.78 Å². The number of likely N-dealkylation sites (tertiary alicyclic amines) is 1. The molecule has 0 spiro atoms. The summed E-state index contributed by atoms with van der Waals surface area (Å²) in [5.41, 5.74) is 4.88. The Morgan fingerprint density at radius 1 is 1.03 bits per heavy atom. The highest BCUT2D eigenvalue weighted by Gasteiger charge is 2.25. The van der Waals surface area contributed by atoms with Crippen molar-refractivity contribution in [1.29, 1.82) is 0 Å². The molecule has 0 N–H and O–H groups in total. The molecule has 5 rings (SSSR count). The van der Waals surface area contributed by atoms with Gasteiger partial charge in [-0.2, -0.15) is 10.2 Å². The van der Waals surface area contributed by atoms with E-state index in [-0.39, 0.29) is 12.1 Å². The maximum atomic E-state index is 12.9. The lowest BCUT2D eigenvalue weighted by molar-refractivity contribution is 0.221. The summed E-state index contributed by atoms with van der Waals surface area (Å²) in [5, 5.41) is 7.59. The van der Waals surface area contributed by atoms with Gasteiger partial charge in [0.05, 0.1) is 18.8 Å². The number of amidine groups is 1. The highest BCUT2D eigenvalue weighted by molar-refractivity contribution is 8.00. The zero-order valence-corrected chi connectivity index (χ0v) is 21.9. The minimum Gasteiger partial charge on any atom is -0.312 e. The van der Waals surface area contributed by atoms with Gasteiger partial charge in [0, 0.05) is 36.0 Å². The number of rotatable bonds is 10. The van der Waals surface area contributed by atoms with Crippen LogP contribution < -0.4 is 4.31 Å². The average Bonchev–Trinajstić information content (AvgIpc) is 3.59. The van der Waals surface area contributed by atoms with Crippen LogP contribution in [0.5, 0.6) is 0 Å². The Morgan fingerprint density at radius 2 is 1.78 bits per heavy atom.